The van der Waals surface area contributed by atoms with Crippen LogP contribution in [0, 0.1) is 10.1 Å². The molecule has 0 spiro atoms. The van der Waals surface area contributed by atoms with E-state index in [2.05, 4.69) is 10.6 Å². The molecule has 2 amide bonds. The molecule has 0 heterocycles. The molecular weight excluding hydrogens is 302 g/mol. The van der Waals surface area contributed by atoms with E-state index in [4.69, 9.17) is 4.74 Å². The number of carbonyl (C=O) groups excluding carboxylic acids is 2. The topological polar surface area (TPSA) is 111 Å². The van der Waals surface area contributed by atoms with E-state index in [1.807, 2.05) is 0 Å². The zero-order valence-corrected chi connectivity index (χ0v) is 12.1. The summed E-state index contributed by atoms with van der Waals surface area (Å²) in [5, 5.41) is 15.7. The highest BCUT2D eigenvalue weighted by atomic mass is 16.6. The number of anilines is 2. The maximum Gasteiger partial charge on any atom is 0.323 e. The van der Waals surface area contributed by atoms with E-state index in [1.165, 1.54) is 37.3 Å². The van der Waals surface area contributed by atoms with Gasteiger partial charge in [-0.3, -0.25) is 14.9 Å². The Hall–Kier alpha value is -3.42. The number of benzene rings is 2. The van der Waals surface area contributed by atoms with Gasteiger partial charge in [0.15, 0.2) is 0 Å². The second-order valence-electron chi connectivity index (χ2n) is 4.50. The van der Waals surface area contributed by atoms with Crippen molar-refractivity contribution in [2.75, 3.05) is 10.6 Å². The lowest BCUT2D eigenvalue weighted by Crippen LogP contribution is -2.19. The average molecular weight is 315 g/mol. The Morgan fingerprint density at radius 2 is 1.70 bits per heavy atom. The van der Waals surface area contributed by atoms with Crippen LogP contribution in [-0.2, 0) is 4.79 Å². The van der Waals surface area contributed by atoms with Crippen LogP contribution in [0.2, 0.25) is 0 Å². The van der Waals surface area contributed by atoms with Crippen molar-refractivity contribution in [2.45, 2.75) is 6.92 Å². The zero-order valence-electron chi connectivity index (χ0n) is 12.1. The van der Waals surface area contributed by atoms with Crippen molar-refractivity contribution < 1.29 is 19.2 Å². The van der Waals surface area contributed by atoms with Gasteiger partial charge in [-0.05, 0) is 24.3 Å². The van der Waals surface area contributed by atoms with Crippen LogP contribution in [0.1, 0.15) is 6.92 Å². The number of urea groups is 1. The van der Waals surface area contributed by atoms with Crippen molar-refractivity contribution >= 4 is 29.1 Å². The molecule has 0 aromatic heterocycles. The predicted molar refractivity (Wildman–Crippen MR) is 83.5 cm³/mol. The fourth-order valence-electron chi connectivity index (χ4n) is 1.76. The first-order valence-corrected chi connectivity index (χ1v) is 6.55. The molecule has 2 aromatic carbocycles. The van der Waals surface area contributed by atoms with Crippen molar-refractivity contribution in [1.29, 1.82) is 0 Å². The largest absolute Gasteiger partial charge is 0.427 e. The molecule has 118 valence electrons. The smallest absolute Gasteiger partial charge is 0.323 e. The van der Waals surface area contributed by atoms with Gasteiger partial charge in [-0.1, -0.05) is 6.07 Å². The predicted octanol–water partition coefficient (Wildman–Crippen LogP) is 3.16. The second-order valence-corrected chi connectivity index (χ2v) is 4.50. The molecule has 8 heteroatoms. The summed E-state index contributed by atoms with van der Waals surface area (Å²) in [6.45, 7) is 1.28. The molecule has 0 unspecified atom stereocenters. The van der Waals surface area contributed by atoms with E-state index in [0.717, 1.165) is 0 Å². The number of nitrogens with zero attached hydrogens (tertiary/aromatic N) is 1. The number of nitro groups is 1. The van der Waals surface area contributed by atoms with Gasteiger partial charge < -0.3 is 15.4 Å². The van der Waals surface area contributed by atoms with E-state index >= 15 is 0 Å². The second kappa shape index (κ2) is 7.03. The molecule has 2 rings (SSSR count). The van der Waals surface area contributed by atoms with Gasteiger partial charge in [0.1, 0.15) is 5.75 Å². The average Bonchev–Trinajstić information content (AvgIpc) is 2.47. The van der Waals surface area contributed by atoms with Crippen LogP contribution in [0.5, 0.6) is 5.75 Å². The number of nitro benzene ring substituents is 1. The van der Waals surface area contributed by atoms with Crippen molar-refractivity contribution in [2.24, 2.45) is 0 Å². The standard InChI is InChI=1S/C15H13N3O5/c1-10(19)23-14-4-2-3-12(9-14)17-15(20)16-11-5-7-13(8-6-11)18(21)22/h2-9H,1H3,(H2,16,17,20). The van der Waals surface area contributed by atoms with Gasteiger partial charge in [-0.15, -0.1) is 0 Å². The van der Waals surface area contributed by atoms with Gasteiger partial charge in [-0.2, -0.15) is 0 Å². The Bertz CT molecular complexity index is 743. The van der Waals surface area contributed by atoms with Gasteiger partial charge >= 0.3 is 12.0 Å². The van der Waals surface area contributed by atoms with Crippen LogP contribution in [0.15, 0.2) is 48.5 Å². The molecule has 0 bridgehead atoms. The molecule has 8 nitrogen and oxygen atoms in total. The highest BCUT2D eigenvalue weighted by molar-refractivity contribution is 5.99. The molecule has 0 saturated carbocycles. The molecule has 2 N–H and O–H groups in total. The first-order chi connectivity index (χ1) is 10.9. The molecule has 0 aliphatic rings. The third kappa shape index (κ3) is 4.81. The Labute approximate surface area is 131 Å². The van der Waals surface area contributed by atoms with E-state index in [0.29, 0.717) is 17.1 Å². The fourth-order valence-corrected chi connectivity index (χ4v) is 1.76. The highest BCUT2D eigenvalue weighted by Crippen LogP contribution is 2.19. The van der Waals surface area contributed by atoms with Crippen LogP contribution in [0.25, 0.3) is 0 Å². The van der Waals surface area contributed by atoms with Crippen LogP contribution in [0.3, 0.4) is 0 Å². The number of nitrogens with one attached hydrogen (secondary N) is 2. The summed E-state index contributed by atoms with van der Waals surface area (Å²) in [5.74, 6) is -0.150. The van der Waals surface area contributed by atoms with Crippen LogP contribution >= 0.6 is 0 Å². The lowest BCUT2D eigenvalue weighted by Gasteiger charge is -2.08. The number of esters is 1. The lowest BCUT2D eigenvalue weighted by atomic mass is 10.3. The summed E-state index contributed by atoms with van der Waals surface area (Å²) in [6, 6.07) is 11.2. The Morgan fingerprint density at radius 3 is 2.30 bits per heavy atom. The fraction of sp³-hybridized carbons (Fsp3) is 0.0667. The minimum atomic E-state index is -0.529. The van der Waals surface area contributed by atoms with Crippen molar-refractivity contribution in [3.05, 3.63) is 58.6 Å². The van der Waals surface area contributed by atoms with Gasteiger partial charge in [0.2, 0.25) is 0 Å². The molecule has 2 aromatic rings. The Balaban J connectivity index is 1.99. The molecule has 0 aliphatic heterocycles. The zero-order chi connectivity index (χ0) is 16.8. The Kier molecular flexibility index (Phi) is 4.88. The number of amides is 2. The molecule has 0 atom stereocenters. The lowest BCUT2D eigenvalue weighted by molar-refractivity contribution is -0.384. The number of carbonyl (C=O) groups is 2. The third-order valence-corrected chi connectivity index (χ3v) is 2.69. The van der Waals surface area contributed by atoms with Crippen LogP contribution in [-0.4, -0.2) is 16.9 Å². The quantitative estimate of drug-likeness (QED) is 0.389. The minimum Gasteiger partial charge on any atom is -0.427 e. The van der Waals surface area contributed by atoms with E-state index in [9.17, 15) is 19.7 Å². The monoisotopic (exact) mass is 315 g/mol. The molecule has 0 aliphatic carbocycles. The first-order valence-electron chi connectivity index (χ1n) is 6.55. The van der Waals surface area contributed by atoms with Crippen molar-refractivity contribution in [1.82, 2.24) is 0 Å². The molecule has 0 radical (unpaired) electrons. The Morgan fingerprint density at radius 1 is 1.04 bits per heavy atom. The SMILES string of the molecule is CC(=O)Oc1cccc(NC(=O)Nc2ccc([N+](=O)[O-])cc2)c1. The highest BCUT2D eigenvalue weighted by Gasteiger charge is 2.07. The van der Waals surface area contributed by atoms with Crippen LogP contribution in [0.4, 0.5) is 21.9 Å². The minimum absolute atomic E-state index is 0.0648. The van der Waals surface area contributed by atoms with E-state index < -0.39 is 16.9 Å². The summed E-state index contributed by atoms with van der Waals surface area (Å²) < 4.78 is 4.92. The summed E-state index contributed by atoms with van der Waals surface area (Å²) in [4.78, 5) is 32.8. The van der Waals surface area contributed by atoms with Crippen molar-refractivity contribution in [3.8, 4) is 5.75 Å². The molecular formula is C15H13N3O5. The van der Waals surface area contributed by atoms with E-state index in [-0.39, 0.29) is 5.69 Å². The molecule has 0 fully saturated rings. The summed E-state index contributed by atoms with van der Waals surface area (Å²) in [6.07, 6.45) is 0. The van der Waals surface area contributed by atoms with Gasteiger partial charge in [0.05, 0.1) is 4.92 Å². The molecule has 0 saturated heterocycles. The summed E-state index contributed by atoms with van der Waals surface area (Å²) in [5.41, 5.74) is 0.775. The van der Waals surface area contributed by atoms with Gasteiger partial charge in [0.25, 0.3) is 5.69 Å². The van der Waals surface area contributed by atoms with Gasteiger partial charge in [-0.25, -0.2) is 4.79 Å². The maximum atomic E-state index is 11.9. The number of rotatable bonds is 4. The third-order valence-electron chi connectivity index (χ3n) is 2.69. The van der Waals surface area contributed by atoms with E-state index in [1.54, 1.807) is 18.2 Å². The summed E-state index contributed by atoms with van der Waals surface area (Å²) >= 11 is 0. The number of hydrogen-bond donors (Lipinski definition) is 2. The summed E-state index contributed by atoms with van der Waals surface area (Å²) in [7, 11) is 0. The van der Waals surface area contributed by atoms with Crippen LogP contribution < -0.4 is 15.4 Å². The number of ether oxygens (including phenoxy) is 1. The first kappa shape index (κ1) is 16.0. The van der Waals surface area contributed by atoms with Gasteiger partial charge in [0, 0.05) is 36.5 Å². The maximum absolute atomic E-state index is 11.9. The number of non-ortho nitro benzene ring substituents is 1. The molecule has 23 heavy (non-hydrogen) atoms. The normalized spacial score (nSPS) is 9.78. The van der Waals surface area contributed by atoms with Crippen molar-refractivity contribution in [3.63, 3.8) is 0 Å². The number of hydrogen-bond acceptors (Lipinski definition) is 5.